The van der Waals surface area contributed by atoms with Gasteiger partial charge >= 0.3 is 0 Å². The van der Waals surface area contributed by atoms with Gasteiger partial charge in [-0.15, -0.1) is 0 Å². The summed E-state index contributed by atoms with van der Waals surface area (Å²) in [5.74, 6) is 0.685. The van der Waals surface area contributed by atoms with E-state index in [0.29, 0.717) is 24.9 Å². The fourth-order valence-corrected chi connectivity index (χ4v) is 1.68. The number of amides is 1. The van der Waals surface area contributed by atoms with Crippen LogP contribution >= 0.6 is 0 Å². The molecule has 0 atom stereocenters. The maximum Gasteiger partial charge on any atom is 0.237 e. The van der Waals surface area contributed by atoms with Crippen molar-refractivity contribution in [3.63, 3.8) is 0 Å². The van der Waals surface area contributed by atoms with Crippen LogP contribution in [-0.2, 0) is 4.79 Å². The van der Waals surface area contributed by atoms with Gasteiger partial charge in [0, 0.05) is 25.2 Å². The van der Waals surface area contributed by atoms with Crippen molar-refractivity contribution in [1.82, 2.24) is 10.3 Å². The van der Waals surface area contributed by atoms with Gasteiger partial charge in [0.15, 0.2) is 0 Å². The lowest BCUT2D eigenvalue weighted by molar-refractivity contribution is -0.120. The Hall–Kier alpha value is -1.78. The van der Waals surface area contributed by atoms with Crippen molar-refractivity contribution in [2.24, 2.45) is 0 Å². The second-order valence-electron chi connectivity index (χ2n) is 5.04. The van der Waals surface area contributed by atoms with E-state index in [9.17, 15) is 4.79 Å². The smallest absolute Gasteiger partial charge is 0.237 e. The Morgan fingerprint density at radius 1 is 1.53 bits per heavy atom. The van der Waals surface area contributed by atoms with E-state index in [1.165, 1.54) is 0 Å². The molecule has 0 unspecified atom stereocenters. The largest absolute Gasteiger partial charge is 0.473 e. The van der Waals surface area contributed by atoms with E-state index in [1.807, 2.05) is 26.0 Å². The molecule has 0 aliphatic heterocycles. The number of nitrogens with one attached hydrogen (secondary N) is 2. The molecule has 0 saturated heterocycles. The Kier molecular flexibility index (Phi) is 4.60. The van der Waals surface area contributed by atoms with Gasteiger partial charge in [-0.3, -0.25) is 4.79 Å². The molecule has 1 aliphatic carbocycles. The quantitative estimate of drug-likeness (QED) is 0.789. The normalized spacial score (nSPS) is 14.3. The molecule has 1 amide bonds. The lowest BCUT2D eigenvalue weighted by Gasteiger charge is -2.14. The highest BCUT2D eigenvalue weighted by molar-refractivity contribution is 5.77. The van der Waals surface area contributed by atoms with Gasteiger partial charge in [0.05, 0.1) is 11.8 Å². The van der Waals surface area contributed by atoms with Crippen LogP contribution in [0.5, 0.6) is 5.88 Å². The molecule has 1 fully saturated rings. The zero-order chi connectivity index (χ0) is 13.7. The van der Waals surface area contributed by atoms with Crippen LogP contribution in [0.1, 0.15) is 33.1 Å². The molecule has 2 rings (SSSR count). The molecule has 1 aromatic heterocycles. The van der Waals surface area contributed by atoms with Crippen LogP contribution in [0.2, 0.25) is 0 Å². The Labute approximate surface area is 113 Å². The maximum atomic E-state index is 11.5. The molecule has 0 aromatic carbocycles. The standard InChI is InChI=1S/C14H21N3O2/c1-10(2)19-14-12(4-3-8-16-14)15-9-7-13(18)17-11-5-6-11/h3-4,8,10-11,15H,5-7,9H2,1-2H3,(H,17,18). The number of carbonyl (C=O) groups is 1. The molecule has 104 valence electrons. The topological polar surface area (TPSA) is 63.2 Å². The molecular weight excluding hydrogens is 242 g/mol. The molecule has 5 heteroatoms. The predicted octanol–water partition coefficient (Wildman–Crippen LogP) is 1.95. The first-order valence-electron chi connectivity index (χ1n) is 6.80. The first-order chi connectivity index (χ1) is 9.15. The van der Waals surface area contributed by atoms with Gasteiger partial charge in [0.1, 0.15) is 0 Å². The van der Waals surface area contributed by atoms with Crippen molar-refractivity contribution in [3.8, 4) is 5.88 Å². The lowest BCUT2D eigenvalue weighted by Crippen LogP contribution is -2.27. The second-order valence-corrected chi connectivity index (χ2v) is 5.04. The Balaban J connectivity index is 1.79. The van der Waals surface area contributed by atoms with Crippen molar-refractivity contribution in [3.05, 3.63) is 18.3 Å². The molecule has 1 aromatic rings. The number of rotatable bonds is 7. The van der Waals surface area contributed by atoms with Crippen LogP contribution in [0, 0.1) is 0 Å². The Morgan fingerprint density at radius 3 is 3.00 bits per heavy atom. The predicted molar refractivity (Wildman–Crippen MR) is 74.3 cm³/mol. The minimum Gasteiger partial charge on any atom is -0.473 e. The van der Waals surface area contributed by atoms with Crippen LogP contribution in [0.25, 0.3) is 0 Å². The average molecular weight is 263 g/mol. The molecule has 0 spiro atoms. The van der Waals surface area contributed by atoms with Crippen LogP contribution < -0.4 is 15.4 Å². The molecule has 0 radical (unpaired) electrons. The van der Waals surface area contributed by atoms with E-state index in [4.69, 9.17) is 4.74 Å². The molecule has 1 heterocycles. The zero-order valence-corrected chi connectivity index (χ0v) is 11.5. The van der Waals surface area contributed by atoms with Crippen molar-refractivity contribution < 1.29 is 9.53 Å². The van der Waals surface area contributed by atoms with Gasteiger partial charge in [0.2, 0.25) is 11.8 Å². The van der Waals surface area contributed by atoms with Gasteiger partial charge in [-0.25, -0.2) is 4.98 Å². The van der Waals surface area contributed by atoms with E-state index in [1.54, 1.807) is 6.20 Å². The van der Waals surface area contributed by atoms with E-state index < -0.39 is 0 Å². The van der Waals surface area contributed by atoms with Gasteiger partial charge < -0.3 is 15.4 Å². The summed E-state index contributed by atoms with van der Waals surface area (Å²) in [5.41, 5.74) is 0.829. The third-order valence-corrected chi connectivity index (χ3v) is 2.73. The molecule has 0 bridgehead atoms. The summed E-state index contributed by atoms with van der Waals surface area (Å²) in [6.45, 7) is 4.50. The molecule has 5 nitrogen and oxygen atoms in total. The summed E-state index contributed by atoms with van der Waals surface area (Å²) in [7, 11) is 0. The van der Waals surface area contributed by atoms with E-state index >= 15 is 0 Å². The number of hydrogen-bond donors (Lipinski definition) is 2. The van der Waals surface area contributed by atoms with Crippen molar-refractivity contribution in [2.75, 3.05) is 11.9 Å². The van der Waals surface area contributed by atoms with Gasteiger partial charge in [-0.2, -0.15) is 0 Å². The number of hydrogen-bond acceptors (Lipinski definition) is 4. The molecule has 19 heavy (non-hydrogen) atoms. The van der Waals surface area contributed by atoms with E-state index in [-0.39, 0.29) is 12.0 Å². The monoisotopic (exact) mass is 263 g/mol. The second kappa shape index (κ2) is 6.41. The van der Waals surface area contributed by atoms with Gasteiger partial charge in [-0.1, -0.05) is 0 Å². The highest BCUT2D eigenvalue weighted by Gasteiger charge is 2.22. The summed E-state index contributed by atoms with van der Waals surface area (Å²) >= 11 is 0. The number of pyridine rings is 1. The van der Waals surface area contributed by atoms with E-state index in [2.05, 4.69) is 15.6 Å². The average Bonchev–Trinajstić information content (AvgIpc) is 3.14. The van der Waals surface area contributed by atoms with Crippen molar-refractivity contribution >= 4 is 11.6 Å². The maximum absolute atomic E-state index is 11.5. The van der Waals surface area contributed by atoms with Crippen LogP contribution in [0.4, 0.5) is 5.69 Å². The molecule has 1 aliphatic rings. The third-order valence-electron chi connectivity index (χ3n) is 2.73. The number of ether oxygens (including phenoxy) is 1. The molecular formula is C14H21N3O2. The van der Waals surface area contributed by atoms with E-state index in [0.717, 1.165) is 18.5 Å². The molecule has 2 N–H and O–H groups in total. The van der Waals surface area contributed by atoms with Gasteiger partial charge in [-0.05, 0) is 38.8 Å². The summed E-state index contributed by atoms with van der Waals surface area (Å²) in [4.78, 5) is 15.7. The summed E-state index contributed by atoms with van der Waals surface area (Å²) in [6.07, 6.45) is 4.48. The number of aromatic nitrogens is 1. The number of nitrogens with zero attached hydrogens (tertiary/aromatic N) is 1. The molecule has 1 saturated carbocycles. The zero-order valence-electron chi connectivity index (χ0n) is 11.5. The fraction of sp³-hybridized carbons (Fsp3) is 0.571. The lowest BCUT2D eigenvalue weighted by atomic mass is 10.3. The Morgan fingerprint density at radius 2 is 2.32 bits per heavy atom. The van der Waals surface area contributed by atoms with Crippen LogP contribution in [0.15, 0.2) is 18.3 Å². The fourth-order valence-electron chi connectivity index (χ4n) is 1.68. The number of carbonyl (C=O) groups excluding carboxylic acids is 1. The SMILES string of the molecule is CC(C)Oc1ncccc1NCCC(=O)NC1CC1. The highest BCUT2D eigenvalue weighted by atomic mass is 16.5. The highest BCUT2D eigenvalue weighted by Crippen LogP contribution is 2.21. The summed E-state index contributed by atoms with van der Waals surface area (Å²) in [6, 6.07) is 4.18. The van der Waals surface area contributed by atoms with Gasteiger partial charge in [0.25, 0.3) is 0 Å². The minimum absolute atomic E-state index is 0.0774. The van der Waals surface area contributed by atoms with Crippen molar-refractivity contribution in [2.45, 2.75) is 45.3 Å². The first-order valence-corrected chi connectivity index (χ1v) is 6.80. The summed E-state index contributed by atoms with van der Waals surface area (Å²) < 4.78 is 5.60. The van der Waals surface area contributed by atoms with Crippen LogP contribution in [0.3, 0.4) is 0 Å². The first kappa shape index (κ1) is 13.6. The summed E-state index contributed by atoms with van der Waals surface area (Å²) in [5, 5.41) is 6.16. The Bertz CT molecular complexity index is 430. The third kappa shape index (κ3) is 4.77. The number of anilines is 1. The van der Waals surface area contributed by atoms with Crippen molar-refractivity contribution in [1.29, 1.82) is 0 Å². The van der Waals surface area contributed by atoms with Crippen LogP contribution in [-0.4, -0.2) is 29.6 Å². The minimum atomic E-state index is 0.0774.